The molecule has 0 aromatic rings. The molecule has 0 saturated heterocycles. The first-order valence-corrected chi connectivity index (χ1v) is 3.08. The minimum atomic E-state index is -0.141. The summed E-state index contributed by atoms with van der Waals surface area (Å²) in [6.45, 7) is 1.88. The summed E-state index contributed by atoms with van der Waals surface area (Å²) in [5, 5.41) is 16.7. The lowest BCUT2D eigenvalue weighted by atomic mass is 10.4. The van der Waals surface area contributed by atoms with Gasteiger partial charge in [0, 0.05) is 6.21 Å². The van der Waals surface area contributed by atoms with Gasteiger partial charge in [-0.1, -0.05) is 6.92 Å². The molecule has 4 heteroatoms. The van der Waals surface area contributed by atoms with Crippen molar-refractivity contribution in [1.29, 1.82) is 10.5 Å². The number of allylic oxidation sites excluding steroid dienone is 2. The number of nitrogens with zero attached hydrogens (tertiary/aromatic N) is 3. The molecule has 0 bridgehead atoms. The van der Waals surface area contributed by atoms with Crippen molar-refractivity contribution in [2.75, 3.05) is 0 Å². The van der Waals surface area contributed by atoms with E-state index in [2.05, 4.69) is 4.99 Å². The van der Waals surface area contributed by atoms with Crippen LogP contribution in [-0.4, -0.2) is 6.21 Å². The maximum absolute atomic E-state index is 8.40. The summed E-state index contributed by atoms with van der Waals surface area (Å²) in [5.41, 5.74) is 4.99. The fraction of sp³-hybridized carbons (Fsp3) is 0.286. The Bertz CT molecular complexity index is 261. The second-order valence-corrected chi connectivity index (χ2v) is 1.71. The summed E-state index contributed by atoms with van der Waals surface area (Å²) in [7, 11) is 0. The molecular weight excluding hydrogens is 140 g/mol. The van der Waals surface area contributed by atoms with Crippen LogP contribution in [0.25, 0.3) is 0 Å². The first-order chi connectivity index (χ1) is 5.26. The Morgan fingerprint density at radius 3 is 2.55 bits per heavy atom. The molecule has 0 spiro atoms. The summed E-state index contributed by atoms with van der Waals surface area (Å²) >= 11 is 0. The lowest BCUT2D eigenvalue weighted by Crippen LogP contribution is -1.97. The van der Waals surface area contributed by atoms with Crippen LogP contribution >= 0.6 is 0 Å². The zero-order valence-electron chi connectivity index (χ0n) is 6.20. The van der Waals surface area contributed by atoms with E-state index in [0.29, 0.717) is 6.42 Å². The SMILES string of the molecule is CCC=N/C(C#N)=C(\N)C#N. The van der Waals surface area contributed by atoms with Gasteiger partial charge in [0.05, 0.1) is 0 Å². The molecule has 4 nitrogen and oxygen atoms in total. The van der Waals surface area contributed by atoms with E-state index >= 15 is 0 Å². The van der Waals surface area contributed by atoms with Gasteiger partial charge < -0.3 is 5.73 Å². The Morgan fingerprint density at radius 2 is 2.18 bits per heavy atom. The molecule has 0 saturated carbocycles. The fourth-order valence-corrected chi connectivity index (χ4v) is 0.394. The molecule has 0 amide bonds. The highest BCUT2D eigenvalue weighted by atomic mass is 14.8. The highest BCUT2D eigenvalue weighted by molar-refractivity contribution is 5.60. The largest absolute Gasteiger partial charge is 0.388 e. The van der Waals surface area contributed by atoms with Gasteiger partial charge in [0.15, 0.2) is 5.70 Å². The molecule has 0 aliphatic rings. The third kappa shape index (κ3) is 3.02. The molecule has 0 aromatic carbocycles. The van der Waals surface area contributed by atoms with E-state index in [0.717, 1.165) is 0 Å². The Hall–Kier alpha value is -1.81. The topological polar surface area (TPSA) is 86.0 Å². The third-order valence-electron chi connectivity index (χ3n) is 0.884. The zero-order valence-corrected chi connectivity index (χ0v) is 6.20. The second-order valence-electron chi connectivity index (χ2n) is 1.71. The van der Waals surface area contributed by atoms with Crippen molar-refractivity contribution >= 4 is 6.21 Å². The van der Waals surface area contributed by atoms with Crippen molar-refractivity contribution in [3.8, 4) is 12.1 Å². The van der Waals surface area contributed by atoms with Gasteiger partial charge in [0.25, 0.3) is 0 Å². The van der Waals surface area contributed by atoms with Crippen molar-refractivity contribution in [2.45, 2.75) is 13.3 Å². The zero-order chi connectivity index (χ0) is 8.69. The summed E-state index contributed by atoms with van der Waals surface area (Å²) in [6, 6.07) is 3.37. The van der Waals surface area contributed by atoms with Crippen LogP contribution in [0.4, 0.5) is 0 Å². The molecule has 0 rings (SSSR count). The van der Waals surface area contributed by atoms with Gasteiger partial charge in [-0.2, -0.15) is 10.5 Å². The predicted octanol–water partition coefficient (Wildman–Crippen LogP) is 0.685. The Labute approximate surface area is 65.3 Å². The molecule has 0 fully saturated rings. The average Bonchev–Trinajstić information content (AvgIpc) is 2.05. The van der Waals surface area contributed by atoms with E-state index in [1.54, 1.807) is 12.1 Å². The van der Waals surface area contributed by atoms with Crippen LogP contribution in [0.2, 0.25) is 0 Å². The van der Waals surface area contributed by atoms with Gasteiger partial charge in [-0.3, -0.25) is 0 Å². The number of hydrogen-bond donors (Lipinski definition) is 1. The molecule has 0 unspecified atom stereocenters. The summed E-state index contributed by atoms with van der Waals surface area (Å²) in [6.07, 6.45) is 2.24. The predicted molar refractivity (Wildman–Crippen MR) is 41.2 cm³/mol. The molecule has 2 N–H and O–H groups in total. The summed E-state index contributed by atoms with van der Waals surface area (Å²) in [5.74, 6) is 0. The molecule has 0 aliphatic heterocycles. The highest BCUT2D eigenvalue weighted by Crippen LogP contribution is 1.97. The van der Waals surface area contributed by atoms with Gasteiger partial charge in [-0.25, -0.2) is 4.99 Å². The first kappa shape index (κ1) is 9.19. The number of aliphatic imine (C=N–C) groups is 1. The van der Waals surface area contributed by atoms with Gasteiger partial charge in [0.1, 0.15) is 17.8 Å². The van der Waals surface area contributed by atoms with E-state index in [-0.39, 0.29) is 11.4 Å². The smallest absolute Gasteiger partial charge is 0.174 e. The van der Waals surface area contributed by atoms with Crippen LogP contribution < -0.4 is 5.73 Å². The number of rotatable bonds is 2. The lowest BCUT2D eigenvalue weighted by molar-refractivity contribution is 1.24. The maximum atomic E-state index is 8.40. The van der Waals surface area contributed by atoms with Crippen LogP contribution in [0.5, 0.6) is 0 Å². The number of hydrogen-bond acceptors (Lipinski definition) is 4. The quantitative estimate of drug-likeness (QED) is 0.461. The molecule has 0 aromatic heterocycles. The van der Waals surface area contributed by atoms with Gasteiger partial charge in [0.2, 0.25) is 0 Å². The van der Waals surface area contributed by atoms with E-state index in [4.69, 9.17) is 16.3 Å². The minimum absolute atomic E-state index is 0.0191. The van der Waals surface area contributed by atoms with Crippen molar-refractivity contribution in [2.24, 2.45) is 10.7 Å². The number of nitrogens with two attached hydrogens (primary N) is 1. The third-order valence-corrected chi connectivity index (χ3v) is 0.884. The molecule has 56 valence electrons. The van der Waals surface area contributed by atoms with Crippen molar-refractivity contribution in [3.05, 3.63) is 11.4 Å². The normalized spacial score (nSPS) is 11.9. The first-order valence-electron chi connectivity index (χ1n) is 3.08. The van der Waals surface area contributed by atoms with Crippen molar-refractivity contribution < 1.29 is 0 Å². The van der Waals surface area contributed by atoms with Crippen LogP contribution in [0.15, 0.2) is 16.4 Å². The summed E-state index contributed by atoms with van der Waals surface area (Å²) < 4.78 is 0. The fourth-order valence-electron chi connectivity index (χ4n) is 0.394. The standard InChI is InChI=1S/C7H8N4/c1-2-3-11-7(5-9)6(10)4-8/h3H,2,10H2,1H3/b7-6-,11-3?. The second kappa shape index (κ2) is 5.01. The van der Waals surface area contributed by atoms with Crippen LogP contribution in [0.3, 0.4) is 0 Å². The van der Waals surface area contributed by atoms with Gasteiger partial charge in [-0.05, 0) is 6.42 Å². The number of nitriles is 2. The average molecular weight is 148 g/mol. The Kier molecular flexibility index (Phi) is 4.19. The summed E-state index contributed by atoms with van der Waals surface area (Å²) in [4.78, 5) is 3.68. The molecule has 0 aliphatic carbocycles. The molecule has 0 atom stereocenters. The van der Waals surface area contributed by atoms with Crippen LogP contribution in [0, 0.1) is 22.7 Å². The van der Waals surface area contributed by atoms with E-state index in [1.165, 1.54) is 6.21 Å². The minimum Gasteiger partial charge on any atom is -0.388 e. The van der Waals surface area contributed by atoms with E-state index < -0.39 is 0 Å². The van der Waals surface area contributed by atoms with Crippen molar-refractivity contribution in [1.82, 2.24) is 0 Å². The van der Waals surface area contributed by atoms with Gasteiger partial charge >= 0.3 is 0 Å². The van der Waals surface area contributed by atoms with E-state index in [9.17, 15) is 0 Å². The molecule has 0 radical (unpaired) electrons. The van der Waals surface area contributed by atoms with Crippen LogP contribution in [-0.2, 0) is 0 Å². The Balaban J connectivity index is 4.60. The van der Waals surface area contributed by atoms with Gasteiger partial charge in [-0.15, -0.1) is 0 Å². The van der Waals surface area contributed by atoms with Crippen molar-refractivity contribution in [3.63, 3.8) is 0 Å². The van der Waals surface area contributed by atoms with E-state index in [1.807, 2.05) is 6.92 Å². The molecular formula is C7H8N4. The van der Waals surface area contributed by atoms with Crippen LogP contribution in [0.1, 0.15) is 13.3 Å². The highest BCUT2D eigenvalue weighted by Gasteiger charge is 1.96. The lowest BCUT2D eigenvalue weighted by Gasteiger charge is -1.87. The Morgan fingerprint density at radius 1 is 1.55 bits per heavy atom. The molecule has 0 heterocycles. The monoisotopic (exact) mass is 148 g/mol. The molecule has 11 heavy (non-hydrogen) atoms. The maximum Gasteiger partial charge on any atom is 0.174 e.